The Bertz CT molecular complexity index is 159. The maximum absolute atomic E-state index is 10.5. The molecular weight excluding hydrogens is 156 g/mol. The van der Waals surface area contributed by atoms with Crippen LogP contribution in [0.25, 0.3) is 0 Å². The highest BCUT2D eigenvalue weighted by molar-refractivity contribution is 4.77. The lowest BCUT2D eigenvalue weighted by molar-refractivity contribution is -0.526. The average molecular weight is 172 g/mol. The van der Waals surface area contributed by atoms with Crippen LogP contribution in [0.15, 0.2) is 0 Å². The number of hydrogen-bond acceptors (Lipinski definition) is 3. The first-order valence-electron chi connectivity index (χ1n) is 4.61. The van der Waals surface area contributed by atoms with E-state index in [2.05, 4.69) is 5.32 Å². The molecule has 0 aromatic carbocycles. The van der Waals surface area contributed by atoms with Crippen LogP contribution in [0.4, 0.5) is 0 Å². The molecule has 0 saturated heterocycles. The van der Waals surface area contributed by atoms with Crippen LogP contribution in [-0.2, 0) is 0 Å². The molecule has 1 saturated carbocycles. The molecule has 0 aliphatic heterocycles. The monoisotopic (exact) mass is 172 g/mol. The summed E-state index contributed by atoms with van der Waals surface area (Å²) in [6, 6.07) is 0.0712. The molecule has 1 aliphatic carbocycles. The second kappa shape index (κ2) is 4.40. The van der Waals surface area contributed by atoms with Crippen LogP contribution in [0, 0.1) is 10.1 Å². The van der Waals surface area contributed by atoms with Crippen LogP contribution in [0.2, 0.25) is 0 Å². The lowest BCUT2D eigenvalue weighted by atomic mass is 9.91. The summed E-state index contributed by atoms with van der Waals surface area (Å²) in [6.45, 7) is 2.95. The standard InChI is InChI=1S/C8H16N2O2/c1-2-9-7-4-3-5-8(6-7)10(11)12/h7-9H,2-6H2,1H3. The lowest BCUT2D eigenvalue weighted by Crippen LogP contribution is -2.38. The first-order valence-corrected chi connectivity index (χ1v) is 4.61. The predicted molar refractivity (Wildman–Crippen MR) is 46.7 cm³/mol. The molecule has 0 bridgehead atoms. The molecule has 1 aliphatic rings. The van der Waals surface area contributed by atoms with Gasteiger partial charge in [-0.15, -0.1) is 0 Å². The van der Waals surface area contributed by atoms with Crippen molar-refractivity contribution < 1.29 is 4.92 Å². The third-order valence-corrected chi connectivity index (χ3v) is 2.44. The van der Waals surface area contributed by atoms with Gasteiger partial charge in [0, 0.05) is 23.8 Å². The Morgan fingerprint density at radius 1 is 1.58 bits per heavy atom. The van der Waals surface area contributed by atoms with Crippen LogP contribution < -0.4 is 5.32 Å². The summed E-state index contributed by atoms with van der Waals surface area (Å²) in [4.78, 5) is 10.3. The normalized spacial score (nSPS) is 30.1. The third-order valence-electron chi connectivity index (χ3n) is 2.44. The third kappa shape index (κ3) is 2.44. The number of rotatable bonds is 3. The van der Waals surface area contributed by atoms with E-state index in [9.17, 15) is 10.1 Å². The highest BCUT2D eigenvalue weighted by Gasteiger charge is 2.28. The Balaban J connectivity index is 2.35. The van der Waals surface area contributed by atoms with Gasteiger partial charge in [0.2, 0.25) is 6.04 Å². The van der Waals surface area contributed by atoms with E-state index in [-0.39, 0.29) is 11.0 Å². The van der Waals surface area contributed by atoms with Gasteiger partial charge in [-0.05, 0) is 19.4 Å². The number of hydrogen-bond donors (Lipinski definition) is 1. The van der Waals surface area contributed by atoms with Gasteiger partial charge in [-0.2, -0.15) is 0 Å². The van der Waals surface area contributed by atoms with Gasteiger partial charge >= 0.3 is 0 Å². The number of nitro groups is 1. The summed E-state index contributed by atoms with van der Waals surface area (Å²) >= 11 is 0. The summed E-state index contributed by atoms with van der Waals surface area (Å²) in [7, 11) is 0. The highest BCUT2D eigenvalue weighted by atomic mass is 16.6. The molecule has 1 fully saturated rings. The molecule has 12 heavy (non-hydrogen) atoms. The Morgan fingerprint density at radius 3 is 2.92 bits per heavy atom. The van der Waals surface area contributed by atoms with Gasteiger partial charge in [0.1, 0.15) is 0 Å². The van der Waals surface area contributed by atoms with E-state index in [1.807, 2.05) is 6.92 Å². The van der Waals surface area contributed by atoms with Crippen molar-refractivity contribution in [2.75, 3.05) is 6.54 Å². The van der Waals surface area contributed by atoms with Gasteiger partial charge < -0.3 is 5.32 Å². The number of nitrogens with one attached hydrogen (secondary N) is 1. The summed E-state index contributed by atoms with van der Waals surface area (Å²) < 4.78 is 0. The lowest BCUT2D eigenvalue weighted by Gasteiger charge is -2.24. The first-order chi connectivity index (χ1) is 5.74. The van der Waals surface area contributed by atoms with Crippen molar-refractivity contribution in [1.82, 2.24) is 5.32 Å². The largest absolute Gasteiger partial charge is 0.314 e. The van der Waals surface area contributed by atoms with Gasteiger partial charge in [0.05, 0.1) is 0 Å². The zero-order chi connectivity index (χ0) is 8.97. The molecule has 2 atom stereocenters. The summed E-state index contributed by atoms with van der Waals surface area (Å²) in [5.74, 6) is 0. The van der Waals surface area contributed by atoms with Gasteiger partial charge in [0.25, 0.3) is 0 Å². The molecule has 0 aromatic rings. The predicted octanol–water partition coefficient (Wildman–Crippen LogP) is 1.18. The number of nitrogens with zero attached hydrogens (tertiary/aromatic N) is 1. The minimum atomic E-state index is -0.303. The van der Waals surface area contributed by atoms with Gasteiger partial charge in [-0.1, -0.05) is 6.92 Å². The maximum Gasteiger partial charge on any atom is 0.214 e. The van der Waals surface area contributed by atoms with E-state index in [4.69, 9.17) is 0 Å². The Hall–Kier alpha value is -0.640. The van der Waals surface area contributed by atoms with Crippen molar-refractivity contribution >= 4 is 0 Å². The molecule has 0 aromatic heterocycles. The van der Waals surface area contributed by atoms with Crippen LogP contribution in [0.1, 0.15) is 32.6 Å². The summed E-state index contributed by atoms with van der Waals surface area (Å²) in [6.07, 6.45) is 3.55. The van der Waals surface area contributed by atoms with E-state index in [1.54, 1.807) is 0 Å². The molecule has 1 rings (SSSR count). The summed E-state index contributed by atoms with van der Waals surface area (Å²) in [5.41, 5.74) is 0. The van der Waals surface area contributed by atoms with Crippen LogP contribution in [0.5, 0.6) is 0 Å². The average Bonchev–Trinajstić information content (AvgIpc) is 2.05. The maximum atomic E-state index is 10.5. The quantitative estimate of drug-likeness (QED) is 0.513. The van der Waals surface area contributed by atoms with Gasteiger partial charge in [0.15, 0.2) is 0 Å². The van der Waals surface area contributed by atoms with E-state index in [0.717, 1.165) is 25.8 Å². The molecule has 1 N–H and O–H groups in total. The molecule has 0 radical (unpaired) electrons. The fourth-order valence-corrected chi connectivity index (χ4v) is 1.83. The molecular formula is C8H16N2O2. The van der Waals surface area contributed by atoms with Gasteiger partial charge in [-0.3, -0.25) is 10.1 Å². The fraction of sp³-hybridized carbons (Fsp3) is 1.00. The van der Waals surface area contributed by atoms with Crippen LogP contribution in [0.3, 0.4) is 0 Å². The second-order valence-electron chi connectivity index (χ2n) is 3.36. The molecule has 4 nitrogen and oxygen atoms in total. The van der Waals surface area contributed by atoms with Gasteiger partial charge in [-0.25, -0.2) is 0 Å². The van der Waals surface area contributed by atoms with Crippen molar-refractivity contribution in [2.45, 2.75) is 44.7 Å². The minimum Gasteiger partial charge on any atom is -0.314 e. The molecule has 0 spiro atoms. The van der Waals surface area contributed by atoms with Crippen molar-refractivity contribution in [2.24, 2.45) is 0 Å². The molecule has 0 heterocycles. The van der Waals surface area contributed by atoms with E-state index >= 15 is 0 Å². The zero-order valence-electron chi connectivity index (χ0n) is 7.45. The first kappa shape index (κ1) is 9.45. The van der Waals surface area contributed by atoms with Crippen molar-refractivity contribution in [3.8, 4) is 0 Å². The Labute approximate surface area is 72.5 Å². The second-order valence-corrected chi connectivity index (χ2v) is 3.36. The molecule has 2 unspecified atom stereocenters. The van der Waals surface area contributed by atoms with E-state index in [0.29, 0.717) is 12.5 Å². The van der Waals surface area contributed by atoms with Crippen molar-refractivity contribution in [3.63, 3.8) is 0 Å². The SMILES string of the molecule is CCNC1CCCC([N+](=O)[O-])C1. The Morgan fingerprint density at radius 2 is 2.33 bits per heavy atom. The smallest absolute Gasteiger partial charge is 0.214 e. The molecule has 4 heteroatoms. The topological polar surface area (TPSA) is 55.2 Å². The summed E-state index contributed by atoms with van der Waals surface area (Å²) in [5, 5.41) is 13.7. The Kier molecular flexibility index (Phi) is 3.47. The molecule has 70 valence electrons. The van der Waals surface area contributed by atoms with Crippen LogP contribution >= 0.6 is 0 Å². The highest BCUT2D eigenvalue weighted by Crippen LogP contribution is 2.20. The van der Waals surface area contributed by atoms with E-state index < -0.39 is 0 Å². The van der Waals surface area contributed by atoms with E-state index in [1.165, 1.54) is 0 Å². The van der Waals surface area contributed by atoms with Crippen molar-refractivity contribution in [1.29, 1.82) is 0 Å². The van der Waals surface area contributed by atoms with Crippen molar-refractivity contribution in [3.05, 3.63) is 10.1 Å². The fourth-order valence-electron chi connectivity index (χ4n) is 1.83. The zero-order valence-corrected chi connectivity index (χ0v) is 7.45. The minimum absolute atomic E-state index is 0.135. The molecule has 0 amide bonds. The van der Waals surface area contributed by atoms with Crippen LogP contribution in [-0.4, -0.2) is 23.6 Å².